The van der Waals surface area contributed by atoms with Crippen LogP contribution in [0, 0.1) is 6.92 Å². The van der Waals surface area contributed by atoms with E-state index < -0.39 is 0 Å². The molecule has 3 rings (SSSR count). The van der Waals surface area contributed by atoms with Crippen LogP contribution in [0.4, 0.5) is 5.82 Å². The topological polar surface area (TPSA) is 96.9 Å². The van der Waals surface area contributed by atoms with Crippen molar-refractivity contribution in [1.29, 1.82) is 0 Å². The molecule has 10 heteroatoms. The summed E-state index contributed by atoms with van der Waals surface area (Å²) >= 11 is 1.30. The van der Waals surface area contributed by atoms with E-state index in [1.54, 1.807) is 21.0 Å². The maximum absolute atomic E-state index is 12.3. The molecule has 1 amide bonds. The molecule has 3 heterocycles. The molecular weight excluding hydrogens is 394 g/mol. The first-order valence-corrected chi connectivity index (χ1v) is 10.4. The van der Waals surface area contributed by atoms with Crippen molar-refractivity contribution in [2.45, 2.75) is 20.4 Å². The molecule has 158 valence electrons. The molecule has 2 aromatic heterocycles. The Kier molecular flexibility index (Phi) is 6.99. The highest BCUT2D eigenvalue weighted by atomic mass is 32.1. The Balaban J connectivity index is 1.97. The predicted octanol–water partition coefficient (Wildman–Crippen LogP) is 1.51. The van der Waals surface area contributed by atoms with Crippen LogP contribution < -0.4 is 5.32 Å². The molecule has 1 saturated heterocycles. The highest BCUT2D eigenvalue weighted by Crippen LogP contribution is 2.34. The quantitative estimate of drug-likeness (QED) is 0.672. The van der Waals surface area contributed by atoms with Crippen LogP contribution in [0.25, 0.3) is 10.2 Å². The van der Waals surface area contributed by atoms with Gasteiger partial charge < -0.3 is 19.7 Å². The van der Waals surface area contributed by atoms with Crippen molar-refractivity contribution in [3.63, 3.8) is 0 Å². The summed E-state index contributed by atoms with van der Waals surface area (Å²) in [7, 11) is 3.41. The fraction of sp³-hybridized carbons (Fsp3) is 0.579. The number of carbonyl (C=O) groups is 2. The fourth-order valence-corrected chi connectivity index (χ4v) is 4.14. The van der Waals surface area contributed by atoms with Crippen LogP contribution in [0.2, 0.25) is 0 Å². The number of ether oxygens (including phenoxy) is 2. The van der Waals surface area contributed by atoms with Gasteiger partial charge in [0.15, 0.2) is 0 Å². The standard InChI is InChI=1S/C19H27N5O4S/c1-5-28-19(26)16-12(2)15-17(20-10-14(25)23(3)4)21-13(22-18(15)29-16)11-24-6-8-27-9-7-24/h5-11H2,1-4H3,(H,20,21,22). The molecule has 29 heavy (non-hydrogen) atoms. The van der Waals surface area contributed by atoms with Gasteiger partial charge in [-0.05, 0) is 19.4 Å². The number of carbonyl (C=O) groups excluding carboxylic acids is 2. The van der Waals surface area contributed by atoms with Gasteiger partial charge in [0.1, 0.15) is 21.3 Å². The lowest BCUT2D eigenvalue weighted by atomic mass is 10.2. The number of likely N-dealkylation sites (N-methyl/N-ethyl adjacent to an activating group) is 1. The van der Waals surface area contributed by atoms with Gasteiger partial charge in [0, 0.05) is 27.2 Å². The van der Waals surface area contributed by atoms with Crippen LogP contribution in [-0.4, -0.2) is 85.2 Å². The average Bonchev–Trinajstić information content (AvgIpc) is 3.03. The van der Waals surface area contributed by atoms with E-state index in [2.05, 4.69) is 15.2 Å². The van der Waals surface area contributed by atoms with Crippen molar-refractivity contribution in [2.75, 3.05) is 58.9 Å². The van der Waals surface area contributed by atoms with Crippen molar-refractivity contribution >= 4 is 39.2 Å². The van der Waals surface area contributed by atoms with Gasteiger partial charge in [-0.3, -0.25) is 9.69 Å². The van der Waals surface area contributed by atoms with Crippen LogP contribution >= 0.6 is 11.3 Å². The number of aromatic nitrogens is 2. The molecule has 0 spiro atoms. The molecule has 0 saturated carbocycles. The fourth-order valence-electron chi connectivity index (χ4n) is 3.05. The monoisotopic (exact) mass is 421 g/mol. The maximum atomic E-state index is 12.3. The zero-order valence-electron chi connectivity index (χ0n) is 17.3. The third-order valence-corrected chi connectivity index (χ3v) is 5.84. The number of nitrogens with zero attached hydrogens (tertiary/aromatic N) is 4. The highest BCUT2D eigenvalue weighted by Gasteiger charge is 2.22. The highest BCUT2D eigenvalue weighted by molar-refractivity contribution is 7.20. The molecule has 2 aromatic rings. The van der Waals surface area contributed by atoms with Crippen LogP contribution in [0.1, 0.15) is 28.0 Å². The van der Waals surface area contributed by atoms with E-state index in [-0.39, 0.29) is 18.4 Å². The largest absolute Gasteiger partial charge is 0.462 e. The van der Waals surface area contributed by atoms with Crippen molar-refractivity contribution in [3.8, 4) is 0 Å². The lowest BCUT2D eigenvalue weighted by Gasteiger charge is -2.25. The molecule has 0 aliphatic carbocycles. The zero-order valence-corrected chi connectivity index (χ0v) is 18.1. The smallest absolute Gasteiger partial charge is 0.348 e. The minimum Gasteiger partial charge on any atom is -0.462 e. The number of morpholine rings is 1. The number of esters is 1. The molecular formula is C19H27N5O4S. The van der Waals surface area contributed by atoms with E-state index in [0.717, 1.165) is 24.0 Å². The summed E-state index contributed by atoms with van der Waals surface area (Å²) in [4.78, 5) is 38.8. The second kappa shape index (κ2) is 9.47. The second-order valence-corrected chi connectivity index (χ2v) is 7.97. The van der Waals surface area contributed by atoms with Gasteiger partial charge in [-0.2, -0.15) is 0 Å². The summed E-state index contributed by atoms with van der Waals surface area (Å²) in [5.74, 6) is 0.789. The number of hydrogen-bond donors (Lipinski definition) is 1. The van der Waals surface area contributed by atoms with E-state index in [9.17, 15) is 9.59 Å². The minimum atomic E-state index is -0.363. The second-order valence-electron chi connectivity index (χ2n) is 6.98. The first kappa shape index (κ1) is 21.4. The molecule has 1 N–H and O–H groups in total. The molecule has 0 aromatic carbocycles. The minimum absolute atomic E-state index is 0.0648. The molecule has 1 fully saturated rings. The van der Waals surface area contributed by atoms with Crippen LogP contribution in [0.15, 0.2) is 0 Å². The summed E-state index contributed by atoms with van der Waals surface area (Å²) < 4.78 is 10.6. The predicted molar refractivity (Wildman–Crippen MR) is 111 cm³/mol. The van der Waals surface area contributed by atoms with Gasteiger partial charge in [-0.15, -0.1) is 11.3 Å². The van der Waals surface area contributed by atoms with Crippen molar-refractivity contribution < 1.29 is 19.1 Å². The van der Waals surface area contributed by atoms with Crippen LogP contribution in [0.5, 0.6) is 0 Å². The number of nitrogens with one attached hydrogen (secondary N) is 1. The number of fused-ring (bicyclic) bond motifs is 1. The number of hydrogen-bond acceptors (Lipinski definition) is 9. The Morgan fingerprint density at radius 3 is 2.66 bits per heavy atom. The zero-order chi connectivity index (χ0) is 21.0. The molecule has 9 nitrogen and oxygen atoms in total. The molecule has 1 aliphatic heterocycles. The first-order chi connectivity index (χ1) is 13.9. The van der Waals surface area contributed by atoms with Gasteiger partial charge in [0.2, 0.25) is 5.91 Å². The summed E-state index contributed by atoms with van der Waals surface area (Å²) in [6.07, 6.45) is 0. The summed E-state index contributed by atoms with van der Waals surface area (Å²) in [5, 5.41) is 3.90. The first-order valence-electron chi connectivity index (χ1n) is 9.62. The maximum Gasteiger partial charge on any atom is 0.348 e. The lowest BCUT2D eigenvalue weighted by Crippen LogP contribution is -2.36. The number of aryl methyl sites for hydroxylation is 1. The Bertz CT molecular complexity index is 892. The third-order valence-electron chi connectivity index (χ3n) is 4.67. The molecule has 0 radical (unpaired) electrons. The van der Waals surface area contributed by atoms with E-state index in [4.69, 9.17) is 14.5 Å². The van der Waals surface area contributed by atoms with Gasteiger partial charge in [0.05, 0.1) is 38.3 Å². The SMILES string of the molecule is CCOC(=O)c1sc2nc(CN3CCOCC3)nc(NCC(=O)N(C)C)c2c1C. The Labute approximate surface area is 174 Å². The number of thiophene rings is 1. The normalized spacial score (nSPS) is 14.8. The third kappa shape index (κ3) is 5.01. The van der Waals surface area contributed by atoms with E-state index >= 15 is 0 Å². The van der Waals surface area contributed by atoms with Gasteiger partial charge in [-0.1, -0.05) is 0 Å². The molecule has 0 unspecified atom stereocenters. The molecule has 0 atom stereocenters. The van der Waals surface area contributed by atoms with Gasteiger partial charge in [0.25, 0.3) is 0 Å². The Hall–Kier alpha value is -2.30. The average molecular weight is 422 g/mol. The Morgan fingerprint density at radius 2 is 2.00 bits per heavy atom. The summed E-state index contributed by atoms with van der Waals surface area (Å²) in [5.41, 5.74) is 0.765. The van der Waals surface area contributed by atoms with Crippen LogP contribution in [-0.2, 0) is 20.8 Å². The van der Waals surface area contributed by atoms with Crippen molar-refractivity contribution in [3.05, 3.63) is 16.3 Å². The van der Waals surface area contributed by atoms with E-state index in [1.807, 2.05) is 6.92 Å². The molecule has 0 bridgehead atoms. The number of rotatable bonds is 7. The Morgan fingerprint density at radius 1 is 1.28 bits per heavy atom. The summed E-state index contributed by atoms with van der Waals surface area (Å²) in [6, 6.07) is 0. The summed E-state index contributed by atoms with van der Waals surface area (Å²) in [6.45, 7) is 7.66. The lowest BCUT2D eigenvalue weighted by molar-refractivity contribution is -0.126. The molecule has 1 aliphatic rings. The number of anilines is 1. The van der Waals surface area contributed by atoms with Gasteiger partial charge in [-0.25, -0.2) is 14.8 Å². The van der Waals surface area contributed by atoms with E-state index in [1.165, 1.54) is 16.2 Å². The number of amides is 1. The van der Waals surface area contributed by atoms with Crippen LogP contribution in [0.3, 0.4) is 0 Å². The van der Waals surface area contributed by atoms with Crippen molar-refractivity contribution in [1.82, 2.24) is 19.8 Å². The van der Waals surface area contributed by atoms with E-state index in [0.29, 0.717) is 47.7 Å². The van der Waals surface area contributed by atoms with Crippen molar-refractivity contribution in [2.24, 2.45) is 0 Å². The van der Waals surface area contributed by atoms with Gasteiger partial charge >= 0.3 is 5.97 Å².